The number of carbonyl (C=O) groups is 1. The summed E-state index contributed by atoms with van der Waals surface area (Å²) in [5.41, 5.74) is 6.93. The van der Waals surface area contributed by atoms with Crippen LogP contribution in [0.1, 0.15) is 27.2 Å². The van der Waals surface area contributed by atoms with Crippen molar-refractivity contribution in [1.29, 1.82) is 0 Å². The Labute approximate surface area is 144 Å². The molecule has 0 fully saturated rings. The zero-order valence-electron chi connectivity index (χ0n) is 13.9. The summed E-state index contributed by atoms with van der Waals surface area (Å²) in [4.78, 5) is 29.0. The summed E-state index contributed by atoms with van der Waals surface area (Å²) in [7, 11) is 0. The Hall–Kier alpha value is -2.28. The molecule has 3 rings (SSSR count). The third kappa shape index (κ3) is 2.58. The first-order valence-corrected chi connectivity index (χ1v) is 8.26. The minimum atomic E-state index is -0.315. The predicted octanol–water partition coefficient (Wildman–Crippen LogP) is 1.88. The molecule has 1 aromatic heterocycles. The third-order valence-electron chi connectivity index (χ3n) is 4.03. The van der Waals surface area contributed by atoms with Crippen molar-refractivity contribution >= 4 is 34.6 Å². The summed E-state index contributed by atoms with van der Waals surface area (Å²) in [5, 5.41) is 3.23. The average molecular weight is 350 g/mol. The fourth-order valence-corrected chi connectivity index (χ4v) is 3.13. The van der Waals surface area contributed by atoms with E-state index in [1.165, 1.54) is 0 Å². The second kappa shape index (κ2) is 5.98. The van der Waals surface area contributed by atoms with E-state index < -0.39 is 0 Å². The lowest BCUT2D eigenvalue weighted by Gasteiger charge is -2.14. The SMILES string of the molecule is CC1=C/C(=N\c2c(NC(C)C)n3n(c2=O)CCC3)C(N)=C(Cl)C1=O. The zero-order valence-corrected chi connectivity index (χ0v) is 14.6. The summed E-state index contributed by atoms with van der Waals surface area (Å²) in [6, 6.07) is 0.144. The number of anilines is 1. The smallest absolute Gasteiger partial charge is 0.294 e. The van der Waals surface area contributed by atoms with Gasteiger partial charge in [0.1, 0.15) is 5.03 Å². The molecule has 0 unspecified atom stereocenters. The third-order valence-corrected chi connectivity index (χ3v) is 4.41. The van der Waals surface area contributed by atoms with Crippen molar-refractivity contribution in [1.82, 2.24) is 9.36 Å². The van der Waals surface area contributed by atoms with Gasteiger partial charge >= 0.3 is 0 Å². The van der Waals surface area contributed by atoms with Crippen molar-refractivity contribution in [2.75, 3.05) is 5.32 Å². The molecule has 24 heavy (non-hydrogen) atoms. The number of nitrogens with two attached hydrogens (primary N) is 1. The number of ketones is 1. The molecule has 0 saturated carbocycles. The van der Waals surface area contributed by atoms with Crippen LogP contribution in [0.4, 0.5) is 11.5 Å². The Kier molecular flexibility index (Phi) is 4.13. The van der Waals surface area contributed by atoms with Crippen LogP contribution >= 0.6 is 11.6 Å². The maximum atomic E-state index is 12.7. The zero-order chi connectivity index (χ0) is 17.6. The molecule has 0 spiro atoms. The topological polar surface area (TPSA) is 94.4 Å². The lowest BCUT2D eigenvalue weighted by Crippen LogP contribution is -2.21. The van der Waals surface area contributed by atoms with Crippen LogP contribution in [0, 0.1) is 0 Å². The Morgan fingerprint density at radius 3 is 2.62 bits per heavy atom. The van der Waals surface area contributed by atoms with E-state index in [4.69, 9.17) is 17.3 Å². The highest BCUT2D eigenvalue weighted by molar-refractivity contribution is 6.49. The Morgan fingerprint density at radius 1 is 1.29 bits per heavy atom. The van der Waals surface area contributed by atoms with E-state index in [2.05, 4.69) is 10.3 Å². The molecular weight excluding hydrogens is 330 g/mol. The lowest BCUT2D eigenvalue weighted by atomic mass is 10.0. The molecule has 0 bridgehead atoms. The Balaban J connectivity index is 2.17. The molecule has 1 aliphatic heterocycles. The number of halogens is 1. The molecule has 8 heteroatoms. The van der Waals surface area contributed by atoms with Gasteiger partial charge in [-0.25, -0.2) is 9.67 Å². The fraction of sp³-hybridized carbons (Fsp3) is 0.438. The molecule has 128 valence electrons. The van der Waals surface area contributed by atoms with Gasteiger partial charge in [-0.15, -0.1) is 0 Å². The Bertz CT molecular complexity index is 870. The van der Waals surface area contributed by atoms with Crippen LogP contribution in [0.3, 0.4) is 0 Å². The molecule has 7 nitrogen and oxygen atoms in total. The van der Waals surface area contributed by atoms with Gasteiger partial charge in [0.05, 0.1) is 11.4 Å². The van der Waals surface area contributed by atoms with Gasteiger partial charge in [-0.1, -0.05) is 11.6 Å². The van der Waals surface area contributed by atoms with Crippen LogP contribution in [-0.2, 0) is 17.9 Å². The van der Waals surface area contributed by atoms with Gasteiger partial charge in [0, 0.05) is 24.7 Å². The van der Waals surface area contributed by atoms with E-state index in [-0.39, 0.29) is 28.1 Å². The summed E-state index contributed by atoms with van der Waals surface area (Å²) in [5.74, 6) is 0.358. The highest BCUT2D eigenvalue weighted by atomic mass is 35.5. The lowest BCUT2D eigenvalue weighted by molar-refractivity contribution is -0.111. The molecular formula is C16H20ClN5O2. The van der Waals surface area contributed by atoms with Crippen LogP contribution < -0.4 is 16.6 Å². The van der Waals surface area contributed by atoms with Crippen molar-refractivity contribution < 1.29 is 4.79 Å². The monoisotopic (exact) mass is 349 g/mol. The van der Waals surface area contributed by atoms with Gasteiger partial charge in [-0.3, -0.25) is 14.3 Å². The molecule has 1 aliphatic carbocycles. The highest BCUT2D eigenvalue weighted by Gasteiger charge is 2.26. The van der Waals surface area contributed by atoms with Crippen molar-refractivity contribution in [3.8, 4) is 0 Å². The van der Waals surface area contributed by atoms with E-state index in [1.807, 2.05) is 18.5 Å². The van der Waals surface area contributed by atoms with Crippen LogP contribution in [0.15, 0.2) is 32.2 Å². The summed E-state index contributed by atoms with van der Waals surface area (Å²) < 4.78 is 3.59. The molecule has 0 atom stereocenters. The van der Waals surface area contributed by atoms with Crippen LogP contribution in [-0.4, -0.2) is 26.9 Å². The minimum absolute atomic E-state index is 0.0565. The van der Waals surface area contributed by atoms with Gasteiger partial charge in [-0.2, -0.15) is 0 Å². The van der Waals surface area contributed by atoms with Crippen LogP contribution in [0.5, 0.6) is 0 Å². The number of rotatable bonds is 3. The summed E-state index contributed by atoms with van der Waals surface area (Å²) in [6.45, 7) is 7.06. The van der Waals surface area contributed by atoms with Gasteiger partial charge in [0.25, 0.3) is 5.56 Å². The first-order chi connectivity index (χ1) is 11.3. The average Bonchev–Trinajstić information content (AvgIpc) is 3.09. The maximum Gasteiger partial charge on any atom is 0.294 e. The minimum Gasteiger partial charge on any atom is -0.396 e. The maximum absolute atomic E-state index is 12.7. The van der Waals surface area contributed by atoms with E-state index in [1.54, 1.807) is 17.7 Å². The molecule has 0 aromatic carbocycles. The molecule has 2 heterocycles. The number of Topliss-reactive ketones (excluding diaryl/α,β-unsaturated/α-hetero) is 1. The number of allylic oxidation sites excluding steroid dienone is 3. The van der Waals surface area contributed by atoms with Crippen molar-refractivity contribution in [2.45, 2.75) is 46.3 Å². The van der Waals surface area contributed by atoms with Gasteiger partial charge in [0.2, 0.25) is 5.78 Å². The number of hydrogen-bond acceptors (Lipinski definition) is 5. The van der Waals surface area contributed by atoms with E-state index >= 15 is 0 Å². The van der Waals surface area contributed by atoms with Gasteiger partial charge in [-0.05, 0) is 33.3 Å². The number of nitrogens with one attached hydrogen (secondary N) is 1. The predicted molar refractivity (Wildman–Crippen MR) is 95.0 cm³/mol. The largest absolute Gasteiger partial charge is 0.396 e. The number of nitrogens with zero attached hydrogens (tertiary/aromatic N) is 3. The quantitative estimate of drug-likeness (QED) is 0.815. The number of aromatic nitrogens is 2. The van der Waals surface area contributed by atoms with Gasteiger partial charge < -0.3 is 11.1 Å². The number of fused-ring (bicyclic) bond motifs is 1. The van der Waals surface area contributed by atoms with Crippen LogP contribution in [0.25, 0.3) is 0 Å². The van der Waals surface area contributed by atoms with Crippen LogP contribution in [0.2, 0.25) is 0 Å². The molecule has 2 aliphatic rings. The number of hydrogen-bond donors (Lipinski definition) is 2. The first-order valence-electron chi connectivity index (χ1n) is 7.88. The first kappa shape index (κ1) is 16.6. The standard InChI is InChI=1S/C16H20ClN5O2/c1-8(2)19-15-13(16(24)22-6-4-5-21(15)22)20-10-7-9(3)14(23)11(17)12(10)18/h7-8,19H,4-6,18H2,1-3H3/b20-10+. The van der Waals surface area contributed by atoms with E-state index in [0.717, 1.165) is 13.0 Å². The number of aliphatic imine (C=N–C) groups is 1. The highest BCUT2D eigenvalue weighted by Crippen LogP contribution is 2.28. The van der Waals surface area contributed by atoms with E-state index in [0.29, 0.717) is 29.3 Å². The van der Waals surface area contributed by atoms with Crippen molar-refractivity contribution in [2.24, 2.45) is 10.7 Å². The summed E-state index contributed by atoms with van der Waals surface area (Å²) >= 11 is 5.99. The van der Waals surface area contributed by atoms with Crippen molar-refractivity contribution in [3.63, 3.8) is 0 Å². The van der Waals surface area contributed by atoms with Gasteiger partial charge in [0.15, 0.2) is 11.5 Å². The van der Waals surface area contributed by atoms with Crippen molar-refractivity contribution in [3.05, 3.63) is 32.7 Å². The Morgan fingerprint density at radius 2 is 1.96 bits per heavy atom. The van der Waals surface area contributed by atoms with E-state index in [9.17, 15) is 9.59 Å². The molecule has 1 aromatic rings. The second-order valence-electron chi connectivity index (χ2n) is 6.28. The number of carbonyl (C=O) groups excluding carboxylic acids is 1. The molecule has 0 amide bonds. The molecule has 0 saturated heterocycles. The summed E-state index contributed by atoms with van der Waals surface area (Å²) in [6.07, 6.45) is 2.48. The molecule has 3 N–H and O–H groups in total. The second-order valence-corrected chi connectivity index (χ2v) is 6.66. The normalized spacial score (nSPS) is 19.3. The fourth-order valence-electron chi connectivity index (χ4n) is 2.89. The molecule has 0 radical (unpaired) electrons.